The van der Waals surface area contributed by atoms with E-state index in [9.17, 15) is 13.2 Å². The van der Waals surface area contributed by atoms with Crippen LogP contribution in [-0.4, -0.2) is 48.2 Å². The number of hydrogen-bond acceptors (Lipinski definition) is 4. The van der Waals surface area contributed by atoms with Crippen LogP contribution in [0.15, 0.2) is 71.6 Å². The lowest BCUT2D eigenvalue weighted by Crippen LogP contribution is -2.63. The van der Waals surface area contributed by atoms with E-state index in [1.807, 2.05) is 62.4 Å². The Morgan fingerprint density at radius 1 is 1.12 bits per heavy atom. The number of nitrogens with zero attached hydrogens (tertiary/aromatic N) is 2. The zero-order valence-electron chi connectivity index (χ0n) is 18.4. The van der Waals surface area contributed by atoms with Crippen LogP contribution in [0.4, 0.5) is 0 Å². The summed E-state index contributed by atoms with van der Waals surface area (Å²) in [6, 6.07) is 16.1. The molecule has 7 heteroatoms. The standard InChI is InChI=1S/C25H29N3O3S/c1-3-26-24(29)25-20-10-7-11-22(25)28(32(30,31)21-14-12-18(2)13-15-21)23(27(25)17-16-20)19-8-5-4-6-9-19/h4-9,11-15,20,22-23H,3,10,16-17H2,1-2H3,(H,26,29)/t20-,22-,23-,25+/m0/s1. The molecule has 5 rings (SSSR count). The fraction of sp³-hybridized carbons (Fsp3) is 0.400. The largest absolute Gasteiger partial charge is 0.355 e. The first-order chi connectivity index (χ1) is 15.4. The maximum absolute atomic E-state index is 14.1. The fourth-order valence-corrected chi connectivity index (χ4v) is 7.62. The zero-order valence-corrected chi connectivity index (χ0v) is 19.3. The number of rotatable bonds is 5. The van der Waals surface area contributed by atoms with Crippen molar-refractivity contribution in [3.05, 3.63) is 77.9 Å². The van der Waals surface area contributed by atoms with Crippen LogP contribution in [0.2, 0.25) is 0 Å². The number of allylic oxidation sites excluding steroid dienone is 1. The lowest BCUT2D eigenvalue weighted by atomic mass is 9.73. The summed E-state index contributed by atoms with van der Waals surface area (Å²) in [4.78, 5) is 16.1. The van der Waals surface area contributed by atoms with Gasteiger partial charge in [-0.1, -0.05) is 60.2 Å². The third-order valence-corrected chi connectivity index (χ3v) is 9.06. The number of carbonyl (C=O) groups excluding carboxylic acids is 1. The summed E-state index contributed by atoms with van der Waals surface area (Å²) in [5.74, 6) is 0.00728. The molecule has 1 aliphatic carbocycles. The SMILES string of the molecule is CCNC(=O)[C@@]12[C@H]3CC=C[C@@H]1N(S(=O)(=O)c1ccc(C)cc1)[C@@H](c1ccccc1)N2CC3. The summed E-state index contributed by atoms with van der Waals surface area (Å²) in [6.45, 7) is 5.04. The molecule has 2 aliphatic heterocycles. The van der Waals surface area contributed by atoms with Gasteiger partial charge in [-0.3, -0.25) is 9.69 Å². The van der Waals surface area contributed by atoms with Crippen LogP contribution in [0.1, 0.15) is 37.1 Å². The Morgan fingerprint density at radius 3 is 2.53 bits per heavy atom. The molecule has 0 spiro atoms. The van der Waals surface area contributed by atoms with Gasteiger partial charge >= 0.3 is 0 Å². The molecule has 0 bridgehead atoms. The topological polar surface area (TPSA) is 69.7 Å². The number of nitrogens with one attached hydrogen (secondary N) is 1. The van der Waals surface area contributed by atoms with Gasteiger partial charge in [0.15, 0.2) is 0 Å². The van der Waals surface area contributed by atoms with E-state index in [2.05, 4.69) is 16.3 Å². The van der Waals surface area contributed by atoms with Crippen LogP contribution in [0, 0.1) is 12.8 Å². The van der Waals surface area contributed by atoms with E-state index in [1.54, 1.807) is 16.4 Å². The molecule has 4 atom stereocenters. The summed E-state index contributed by atoms with van der Waals surface area (Å²) in [7, 11) is -3.87. The van der Waals surface area contributed by atoms with Gasteiger partial charge < -0.3 is 5.32 Å². The maximum Gasteiger partial charge on any atom is 0.245 e. The Bertz CT molecular complexity index is 1150. The molecule has 0 radical (unpaired) electrons. The van der Waals surface area contributed by atoms with Crippen LogP contribution in [0.5, 0.6) is 0 Å². The van der Waals surface area contributed by atoms with E-state index in [0.717, 1.165) is 24.0 Å². The van der Waals surface area contributed by atoms with Gasteiger partial charge in [0.2, 0.25) is 15.9 Å². The van der Waals surface area contributed by atoms with Gasteiger partial charge in [0, 0.05) is 13.1 Å². The highest BCUT2D eigenvalue weighted by Crippen LogP contribution is 2.57. The van der Waals surface area contributed by atoms with Gasteiger partial charge in [0.1, 0.15) is 11.7 Å². The summed E-state index contributed by atoms with van der Waals surface area (Å²) in [5, 5.41) is 3.03. The van der Waals surface area contributed by atoms with E-state index in [-0.39, 0.29) is 16.7 Å². The molecule has 32 heavy (non-hydrogen) atoms. The third-order valence-electron chi connectivity index (χ3n) is 7.21. The molecule has 0 aromatic heterocycles. The predicted octanol–water partition coefficient (Wildman–Crippen LogP) is 3.22. The van der Waals surface area contributed by atoms with Gasteiger partial charge in [-0.05, 0) is 50.3 Å². The lowest BCUT2D eigenvalue weighted by Gasteiger charge is -2.41. The molecular formula is C25H29N3O3S. The van der Waals surface area contributed by atoms with Crippen molar-refractivity contribution in [2.45, 2.75) is 49.3 Å². The highest BCUT2D eigenvalue weighted by Gasteiger charge is 2.70. The molecule has 2 aromatic carbocycles. The minimum Gasteiger partial charge on any atom is -0.355 e. The summed E-state index contributed by atoms with van der Waals surface area (Å²) in [5.41, 5.74) is 0.987. The molecule has 1 N–H and O–H groups in total. The minimum absolute atomic E-state index is 0.0700. The van der Waals surface area contributed by atoms with Crippen LogP contribution in [-0.2, 0) is 14.8 Å². The molecule has 168 valence electrons. The van der Waals surface area contributed by atoms with Crippen molar-refractivity contribution in [1.29, 1.82) is 0 Å². The molecule has 2 aromatic rings. The first-order valence-corrected chi connectivity index (χ1v) is 12.7. The Balaban J connectivity index is 1.74. The normalized spacial score (nSPS) is 29.8. The number of sulfonamides is 1. The Hall–Kier alpha value is -2.48. The Kier molecular flexibility index (Phi) is 5.23. The summed E-state index contributed by atoms with van der Waals surface area (Å²) < 4.78 is 29.8. The first-order valence-electron chi connectivity index (χ1n) is 11.3. The molecule has 1 amide bonds. The Labute approximate surface area is 190 Å². The highest BCUT2D eigenvalue weighted by atomic mass is 32.2. The number of amides is 1. The van der Waals surface area contributed by atoms with Crippen molar-refractivity contribution >= 4 is 15.9 Å². The second kappa shape index (κ2) is 7.83. The second-order valence-corrected chi connectivity index (χ2v) is 10.7. The third kappa shape index (κ3) is 2.91. The van der Waals surface area contributed by atoms with Crippen molar-refractivity contribution in [2.75, 3.05) is 13.1 Å². The monoisotopic (exact) mass is 451 g/mol. The van der Waals surface area contributed by atoms with E-state index in [4.69, 9.17) is 0 Å². The van der Waals surface area contributed by atoms with Gasteiger partial charge in [-0.15, -0.1) is 0 Å². The van der Waals surface area contributed by atoms with Gasteiger partial charge in [0.05, 0.1) is 10.9 Å². The average Bonchev–Trinajstić information content (AvgIpc) is 3.33. The van der Waals surface area contributed by atoms with Crippen LogP contribution < -0.4 is 5.32 Å². The van der Waals surface area contributed by atoms with Crippen molar-refractivity contribution in [2.24, 2.45) is 5.92 Å². The van der Waals surface area contributed by atoms with Crippen LogP contribution >= 0.6 is 0 Å². The molecule has 3 aliphatic rings. The highest BCUT2D eigenvalue weighted by molar-refractivity contribution is 7.89. The number of likely N-dealkylation sites (N-methyl/N-ethyl adjacent to an activating group) is 1. The minimum atomic E-state index is -3.87. The maximum atomic E-state index is 14.1. The number of benzene rings is 2. The summed E-state index contributed by atoms with van der Waals surface area (Å²) in [6.07, 6.45) is 5.12. The Morgan fingerprint density at radius 2 is 1.84 bits per heavy atom. The fourth-order valence-electron chi connectivity index (χ4n) is 5.87. The van der Waals surface area contributed by atoms with E-state index >= 15 is 0 Å². The van der Waals surface area contributed by atoms with Crippen molar-refractivity contribution in [1.82, 2.24) is 14.5 Å². The first kappa shape index (κ1) is 21.4. The van der Waals surface area contributed by atoms with Crippen molar-refractivity contribution in [3.8, 4) is 0 Å². The second-order valence-electron chi connectivity index (χ2n) is 8.90. The van der Waals surface area contributed by atoms with Crippen molar-refractivity contribution in [3.63, 3.8) is 0 Å². The van der Waals surface area contributed by atoms with Crippen LogP contribution in [0.25, 0.3) is 0 Å². The van der Waals surface area contributed by atoms with Crippen LogP contribution in [0.3, 0.4) is 0 Å². The van der Waals surface area contributed by atoms with Crippen molar-refractivity contribution < 1.29 is 13.2 Å². The molecule has 2 fully saturated rings. The molecule has 0 unspecified atom stereocenters. The number of hydrogen-bond donors (Lipinski definition) is 1. The van der Waals surface area contributed by atoms with Gasteiger partial charge in [0.25, 0.3) is 0 Å². The number of aryl methyl sites for hydroxylation is 1. The molecule has 2 saturated heterocycles. The van der Waals surface area contributed by atoms with Gasteiger partial charge in [-0.2, -0.15) is 4.31 Å². The smallest absolute Gasteiger partial charge is 0.245 e. The molecule has 0 saturated carbocycles. The van der Waals surface area contributed by atoms with E-state index in [1.165, 1.54) is 0 Å². The average molecular weight is 452 g/mol. The number of carbonyl (C=O) groups is 1. The molecule has 2 heterocycles. The van der Waals surface area contributed by atoms with E-state index in [0.29, 0.717) is 13.1 Å². The molecular weight excluding hydrogens is 422 g/mol. The molecule has 6 nitrogen and oxygen atoms in total. The quantitative estimate of drug-likeness (QED) is 0.709. The zero-order chi connectivity index (χ0) is 22.5. The summed E-state index contributed by atoms with van der Waals surface area (Å²) >= 11 is 0. The van der Waals surface area contributed by atoms with Gasteiger partial charge in [-0.25, -0.2) is 8.42 Å². The lowest BCUT2D eigenvalue weighted by molar-refractivity contribution is -0.133. The predicted molar refractivity (Wildman–Crippen MR) is 123 cm³/mol. The van der Waals surface area contributed by atoms with E-state index < -0.39 is 27.8 Å².